The van der Waals surface area contributed by atoms with Crippen LogP contribution in [0.2, 0.25) is 10.0 Å². The lowest BCUT2D eigenvalue weighted by Crippen LogP contribution is -2.36. The first-order chi connectivity index (χ1) is 21.3. The molecule has 0 aliphatic carbocycles. The van der Waals surface area contributed by atoms with Crippen molar-refractivity contribution in [3.05, 3.63) is 117 Å². The highest BCUT2D eigenvalue weighted by molar-refractivity contribution is 6.42. The first-order valence-electron chi connectivity index (χ1n) is 15.0. The van der Waals surface area contributed by atoms with Gasteiger partial charge in [-0.2, -0.15) is 5.26 Å². The van der Waals surface area contributed by atoms with Crippen molar-refractivity contribution in [3.63, 3.8) is 0 Å². The number of nitrogens with one attached hydrogen (secondary N) is 1. The highest BCUT2D eigenvalue weighted by Gasteiger charge is 2.26. The Morgan fingerprint density at radius 1 is 0.977 bits per heavy atom. The van der Waals surface area contributed by atoms with Crippen molar-refractivity contribution in [2.45, 2.75) is 31.1 Å². The van der Waals surface area contributed by atoms with Crippen molar-refractivity contribution in [2.75, 3.05) is 40.3 Å². The number of nitriles is 1. The number of nitrogens with zero attached hydrogens (tertiary/aromatic N) is 3. The average Bonchev–Trinajstić information content (AvgIpc) is 3.06. The van der Waals surface area contributed by atoms with Crippen LogP contribution in [-0.4, -0.2) is 61.9 Å². The van der Waals surface area contributed by atoms with E-state index in [4.69, 9.17) is 23.2 Å². The molecule has 0 aromatic heterocycles. The average molecular weight is 628 g/mol. The van der Waals surface area contributed by atoms with Crippen LogP contribution in [0.25, 0.3) is 10.8 Å². The maximum atomic E-state index is 13.8. The van der Waals surface area contributed by atoms with E-state index >= 15 is 0 Å². The van der Waals surface area contributed by atoms with Gasteiger partial charge >= 0.3 is 0 Å². The maximum Gasteiger partial charge on any atom is 0.254 e. The number of fused-ring (bicyclic) bond motifs is 1. The number of likely N-dealkylation sites (tertiary alicyclic amines) is 1. The first kappa shape index (κ1) is 31.5. The third-order valence-electron chi connectivity index (χ3n) is 8.73. The molecule has 6 nitrogen and oxygen atoms in total. The number of hydrogen-bond acceptors (Lipinski definition) is 4. The van der Waals surface area contributed by atoms with Gasteiger partial charge < -0.3 is 15.1 Å². The highest BCUT2D eigenvalue weighted by Crippen LogP contribution is 2.33. The highest BCUT2D eigenvalue weighted by atomic mass is 35.5. The summed E-state index contributed by atoms with van der Waals surface area (Å²) in [5.74, 6) is 0.196. The van der Waals surface area contributed by atoms with Gasteiger partial charge in [-0.15, -0.1) is 0 Å². The molecular formula is C36H36Cl2N4O2. The molecule has 4 aromatic carbocycles. The van der Waals surface area contributed by atoms with Crippen LogP contribution < -0.4 is 5.32 Å². The van der Waals surface area contributed by atoms with Gasteiger partial charge in [-0.05, 0) is 97.0 Å². The van der Waals surface area contributed by atoms with Crippen molar-refractivity contribution in [1.82, 2.24) is 15.1 Å². The van der Waals surface area contributed by atoms with E-state index in [1.54, 1.807) is 18.0 Å². The molecule has 44 heavy (non-hydrogen) atoms. The number of rotatable bonds is 9. The van der Waals surface area contributed by atoms with Crippen LogP contribution in [0.1, 0.15) is 68.5 Å². The summed E-state index contributed by atoms with van der Waals surface area (Å²) in [5.41, 5.74) is 3.89. The Balaban J connectivity index is 1.30. The van der Waals surface area contributed by atoms with E-state index in [0.29, 0.717) is 33.6 Å². The van der Waals surface area contributed by atoms with Gasteiger partial charge in [-0.3, -0.25) is 9.59 Å². The van der Waals surface area contributed by atoms with Gasteiger partial charge in [-0.25, -0.2) is 0 Å². The molecule has 2 amide bonds. The van der Waals surface area contributed by atoms with Gasteiger partial charge in [0.05, 0.1) is 21.7 Å². The molecule has 1 heterocycles. The van der Waals surface area contributed by atoms with E-state index < -0.39 is 0 Å². The third kappa shape index (κ3) is 7.08. The third-order valence-corrected chi connectivity index (χ3v) is 9.47. The molecule has 0 unspecified atom stereocenters. The molecule has 1 atom stereocenters. The van der Waals surface area contributed by atoms with E-state index in [1.807, 2.05) is 73.8 Å². The molecular weight excluding hydrogens is 591 g/mol. The fourth-order valence-corrected chi connectivity index (χ4v) is 6.61. The Bertz CT molecular complexity index is 1710. The smallest absolute Gasteiger partial charge is 0.254 e. The molecule has 1 aliphatic rings. The lowest BCUT2D eigenvalue weighted by Gasteiger charge is -2.34. The van der Waals surface area contributed by atoms with Crippen molar-refractivity contribution in [1.29, 1.82) is 5.26 Å². The van der Waals surface area contributed by atoms with Gasteiger partial charge in [0, 0.05) is 37.7 Å². The Morgan fingerprint density at radius 2 is 1.70 bits per heavy atom. The minimum absolute atomic E-state index is 0.0239. The first-order valence-corrected chi connectivity index (χ1v) is 15.7. The van der Waals surface area contributed by atoms with E-state index in [2.05, 4.69) is 22.4 Å². The Hall–Kier alpha value is -3.89. The maximum absolute atomic E-state index is 13.8. The number of halogens is 2. The zero-order chi connectivity index (χ0) is 31.2. The van der Waals surface area contributed by atoms with Crippen LogP contribution in [0.15, 0.2) is 78.9 Å². The fraction of sp³-hybridized carbons (Fsp3) is 0.306. The van der Waals surface area contributed by atoms with Gasteiger partial charge in [0.25, 0.3) is 11.8 Å². The van der Waals surface area contributed by atoms with Crippen LogP contribution >= 0.6 is 23.2 Å². The molecule has 1 N–H and O–H groups in total. The number of carbonyl (C=O) groups excluding carboxylic acids is 2. The molecule has 1 fully saturated rings. The monoisotopic (exact) mass is 626 g/mol. The second-order valence-corrected chi connectivity index (χ2v) is 12.3. The lowest BCUT2D eigenvalue weighted by molar-refractivity contribution is 0.0783. The summed E-state index contributed by atoms with van der Waals surface area (Å²) in [5, 5.41) is 15.0. The predicted octanol–water partition coefficient (Wildman–Crippen LogP) is 7.50. The molecule has 0 spiro atoms. The fourth-order valence-electron chi connectivity index (χ4n) is 6.30. The number of benzene rings is 4. The van der Waals surface area contributed by atoms with E-state index in [-0.39, 0.29) is 17.7 Å². The van der Waals surface area contributed by atoms with Crippen LogP contribution in [0, 0.1) is 11.3 Å². The molecule has 4 aromatic rings. The second kappa shape index (κ2) is 14.3. The summed E-state index contributed by atoms with van der Waals surface area (Å²) in [6.45, 7) is 3.21. The quantitative estimate of drug-likeness (QED) is 0.209. The van der Waals surface area contributed by atoms with Crippen molar-refractivity contribution in [2.24, 2.45) is 0 Å². The normalized spacial score (nSPS) is 14.6. The minimum atomic E-state index is -0.126. The molecule has 0 bridgehead atoms. The number of hydrogen-bond donors (Lipinski definition) is 1. The number of piperidine rings is 1. The molecule has 226 valence electrons. The van der Waals surface area contributed by atoms with Crippen molar-refractivity contribution < 1.29 is 9.59 Å². The summed E-state index contributed by atoms with van der Waals surface area (Å²) in [6.07, 6.45) is 2.78. The number of carbonyl (C=O) groups is 2. The summed E-state index contributed by atoms with van der Waals surface area (Å²) in [6, 6.07) is 26.9. The van der Waals surface area contributed by atoms with Crippen LogP contribution in [-0.2, 0) is 0 Å². The van der Waals surface area contributed by atoms with E-state index in [9.17, 15) is 14.9 Å². The second-order valence-electron chi connectivity index (χ2n) is 11.5. The van der Waals surface area contributed by atoms with Crippen molar-refractivity contribution >= 4 is 45.8 Å². The lowest BCUT2D eigenvalue weighted by atomic mass is 9.86. The van der Waals surface area contributed by atoms with Crippen LogP contribution in [0.3, 0.4) is 0 Å². The van der Waals surface area contributed by atoms with Gasteiger partial charge in [0.2, 0.25) is 0 Å². The Kier molecular flexibility index (Phi) is 10.2. The van der Waals surface area contributed by atoms with Gasteiger partial charge in [0.1, 0.15) is 0 Å². The molecule has 0 radical (unpaired) electrons. The van der Waals surface area contributed by atoms with Crippen LogP contribution in [0.4, 0.5) is 0 Å². The largest absolute Gasteiger partial charge is 0.355 e. The molecule has 0 saturated carbocycles. The van der Waals surface area contributed by atoms with E-state index in [0.717, 1.165) is 66.4 Å². The standard InChI is InChI=1S/C36H36Cl2N4O2/c1-40-35(43)31-10-6-5-8-29(31)25-13-16-42(17-14-25)18-15-28(26-11-12-33(37)34(38)21-26)23-41(2)36(44)32-20-24(22-39)19-27-7-3-4-9-30(27)32/h3-12,19-21,25,28H,13-18,23H2,1-2H3,(H,40,43)/t28-/m1/s1. The molecule has 1 saturated heterocycles. The molecule has 1 aliphatic heterocycles. The minimum Gasteiger partial charge on any atom is -0.355 e. The van der Waals surface area contributed by atoms with Crippen LogP contribution in [0.5, 0.6) is 0 Å². The topological polar surface area (TPSA) is 76.4 Å². The molecule has 8 heteroatoms. The number of likely N-dealkylation sites (N-methyl/N-ethyl adjacent to an activating group) is 1. The number of amides is 2. The summed E-state index contributed by atoms with van der Waals surface area (Å²) in [4.78, 5) is 30.5. The summed E-state index contributed by atoms with van der Waals surface area (Å²) >= 11 is 12.7. The zero-order valence-electron chi connectivity index (χ0n) is 25.0. The summed E-state index contributed by atoms with van der Waals surface area (Å²) < 4.78 is 0. The predicted molar refractivity (Wildman–Crippen MR) is 178 cm³/mol. The Labute approximate surface area is 269 Å². The van der Waals surface area contributed by atoms with E-state index in [1.165, 1.54) is 0 Å². The Morgan fingerprint density at radius 3 is 2.43 bits per heavy atom. The SMILES string of the molecule is CNC(=O)c1ccccc1C1CCN(CC[C@H](CN(C)C(=O)c2cc(C#N)cc3ccccc23)c2ccc(Cl)c(Cl)c2)CC1. The van der Waals surface area contributed by atoms with Gasteiger partial charge in [0.15, 0.2) is 0 Å². The summed E-state index contributed by atoms with van der Waals surface area (Å²) in [7, 11) is 3.48. The molecule has 5 rings (SSSR count). The van der Waals surface area contributed by atoms with Gasteiger partial charge in [-0.1, -0.05) is 71.7 Å². The van der Waals surface area contributed by atoms with Crippen molar-refractivity contribution in [3.8, 4) is 6.07 Å². The zero-order valence-corrected chi connectivity index (χ0v) is 26.5.